The van der Waals surface area contributed by atoms with Crippen LogP contribution in [0.2, 0.25) is 0 Å². The van der Waals surface area contributed by atoms with Gasteiger partial charge in [-0.1, -0.05) is 6.07 Å². The van der Waals surface area contributed by atoms with Crippen LogP contribution in [0.5, 0.6) is 0 Å². The number of aliphatic hydroxyl groups is 1. The largest absolute Gasteiger partial charge is 0.394 e. The van der Waals surface area contributed by atoms with E-state index in [1.165, 1.54) is 13.0 Å². The van der Waals surface area contributed by atoms with E-state index in [-0.39, 0.29) is 5.56 Å². The highest BCUT2D eigenvalue weighted by Crippen LogP contribution is 2.23. The minimum absolute atomic E-state index is 0.280. The monoisotopic (exact) mass is 187 g/mol. The van der Waals surface area contributed by atoms with E-state index in [1.54, 1.807) is 0 Å². The Balaban J connectivity index is 3.28. The molecule has 0 aliphatic heterocycles. The van der Waals surface area contributed by atoms with Crippen LogP contribution in [0.3, 0.4) is 0 Å². The molecule has 4 heteroatoms. The Kier molecular flexibility index (Phi) is 2.63. The van der Waals surface area contributed by atoms with Gasteiger partial charge in [-0.05, 0) is 19.1 Å². The fourth-order valence-electron chi connectivity index (χ4n) is 1.12. The van der Waals surface area contributed by atoms with Crippen molar-refractivity contribution < 1.29 is 13.9 Å². The Morgan fingerprint density at radius 3 is 2.23 bits per heavy atom. The molecule has 0 aromatic heterocycles. The molecule has 0 radical (unpaired) electrons. The van der Waals surface area contributed by atoms with Crippen LogP contribution in [0.4, 0.5) is 8.78 Å². The van der Waals surface area contributed by atoms with Gasteiger partial charge in [0, 0.05) is 5.56 Å². The zero-order valence-electron chi connectivity index (χ0n) is 7.22. The quantitative estimate of drug-likeness (QED) is 0.729. The lowest BCUT2D eigenvalue weighted by molar-refractivity contribution is 0.202. The van der Waals surface area contributed by atoms with Gasteiger partial charge in [-0.3, -0.25) is 0 Å². The molecule has 1 atom stereocenters. The lowest BCUT2D eigenvalue weighted by Crippen LogP contribution is -2.38. The highest BCUT2D eigenvalue weighted by Gasteiger charge is 2.27. The van der Waals surface area contributed by atoms with E-state index in [0.717, 1.165) is 12.1 Å². The van der Waals surface area contributed by atoms with Gasteiger partial charge in [0.2, 0.25) is 0 Å². The Morgan fingerprint density at radius 1 is 1.38 bits per heavy atom. The van der Waals surface area contributed by atoms with Gasteiger partial charge in [0.1, 0.15) is 11.6 Å². The summed E-state index contributed by atoms with van der Waals surface area (Å²) in [4.78, 5) is 0. The molecule has 0 bridgehead atoms. The number of nitrogens with two attached hydrogens (primary N) is 1. The van der Waals surface area contributed by atoms with Gasteiger partial charge in [0.25, 0.3) is 0 Å². The second kappa shape index (κ2) is 3.40. The molecule has 0 spiro atoms. The van der Waals surface area contributed by atoms with E-state index in [2.05, 4.69) is 0 Å². The molecule has 13 heavy (non-hydrogen) atoms. The normalized spacial score (nSPS) is 15.5. The van der Waals surface area contributed by atoms with Gasteiger partial charge >= 0.3 is 0 Å². The van der Waals surface area contributed by atoms with Crippen LogP contribution in [0, 0.1) is 11.6 Å². The maximum Gasteiger partial charge on any atom is 0.131 e. The van der Waals surface area contributed by atoms with Gasteiger partial charge in [0.15, 0.2) is 0 Å². The summed E-state index contributed by atoms with van der Waals surface area (Å²) < 4.78 is 26.2. The van der Waals surface area contributed by atoms with Crippen LogP contribution >= 0.6 is 0 Å². The third-order valence-electron chi connectivity index (χ3n) is 1.86. The molecule has 1 aromatic carbocycles. The zero-order valence-corrected chi connectivity index (χ0v) is 7.22. The molecule has 0 aliphatic carbocycles. The SMILES string of the molecule is CC(N)(CO)c1c(F)cccc1F. The van der Waals surface area contributed by atoms with Gasteiger partial charge in [-0.15, -0.1) is 0 Å². The van der Waals surface area contributed by atoms with E-state index in [0.29, 0.717) is 0 Å². The molecule has 3 N–H and O–H groups in total. The smallest absolute Gasteiger partial charge is 0.131 e. The van der Waals surface area contributed by atoms with Gasteiger partial charge < -0.3 is 10.8 Å². The van der Waals surface area contributed by atoms with Crippen LogP contribution < -0.4 is 5.73 Å². The van der Waals surface area contributed by atoms with E-state index in [1.807, 2.05) is 0 Å². The topological polar surface area (TPSA) is 46.2 Å². The maximum absolute atomic E-state index is 13.1. The molecule has 1 aromatic rings. The first-order chi connectivity index (χ1) is 5.99. The van der Waals surface area contributed by atoms with Crippen LogP contribution in [0.25, 0.3) is 0 Å². The van der Waals surface area contributed by atoms with E-state index in [4.69, 9.17) is 10.8 Å². The fourth-order valence-corrected chi connectivity index (χ4v) is 1.12. The van der Waals surface area contributed by atoms with E-state index < -0.39 is 23.8 Å². The molecule has 0 saturated heterocycles. The average Bonchev–Trinajstić information content (AvgIpc) is 2.03. The predicted octanol–water partition coefficient (Wildman–Crippen LogP) is 1.13. The molecule has 0 fully saturated rings. The van der Waals surface area contributed by atoms with Crippen molar-refractivity contribution in [2.45, 2.75) is 12.5 Å². The van der Waals surface area contributed by atoms with Crippen molar-refractivity contribution in [1.29, 1.82) is 0 Å². The third kappa shape index (κ3) is 1.84. The van der Waals surface area contributed by atoms with Crippen molar-refractivity contribution >= 4 is 0 Å². The summed E-state index contributed by atoms with van der Waals surface area (Å²) in [6.07, 6.45) is 0. The fraction of sp³-hybridized carbons (Fsp3) is 0.333. The standard InChI is InChI=1S/C9H11F2NO/c1-9(12,5-13)8-6(10)3-2-4-7(8)11/h2-4,13H,5,12H2,1H3. The number of hydrogen-bond donors (Lipinski definition) is 2. The third-order valence-corrected chi connectivity index (χ3v) is 1.86. The molecule has 0 aliphatic rings. The number of rotatable bonds is 2. The highest BCUT2D eigenvalue weighted by atomic mass is 19.1. The number of halogens is 2. The first-order valence-electron chi connectivity index (χ1n) is 3.83. The van der Waals surface area contributed by atoms with Gasteiger partial charge in [0.05, 0.1) is 12.1 Å². The molecule has 0 heterocycles. The molecule has 2 nitrogen and oxygen atoms in total. The summed E-state index contributed by atoms with van der Waals surface area (Å²) in [5.74, 6) is -1.47. The predicted molar refractivity (Wildman–Crippen MR) is 45.0 cm³/mol. The number of hydrogen-bond acceptors (Lipinski definition) is 2. The van der Waals surface area contributed by atoms with Crippen molar-refractivity contribution in [3.05, 3.63) is 35.4 Å². The summed E-state index contributed by atoms with van der Waals surface area (Å²) >= 11 is 0. The Bertz CT molecular complexity index is 292. The molecule has 72 valence electrons. The lowest BCUT2D eigenvalue weighted by atomic mass is 9.93. The van der Waals surface area contributed by atoms with Gasteiger partial charge in [-0.2, -0.15) is 0 Å². The van der Waals surface area contributed by atoms with Crippen molar-refractivity contribution in [2.75, 3.05) is 6.61 Å². The summed E-state index contributed by atoms with van der Waals surface area (Å²) in [5.41, 5.74) is 3.85. The Labute approximate surface area is 75.0 Å². The molecule has 0 amide bonds. The van der Waals surface area contributed by atoms with Gasteiger partial charge in [-0.25, -0.2) is 8.78 Å². The highest BCUT2D eigenvalue weighted by molar-refractivity contribution is 5.26. The minimum atomic E-state index is -1.38. The number of benzene rings is 1. The molecule has 1 rings (SSSR count). The summed E-state index contributed by atoms with van der Waals surface area (Å²) in [6.45, 7) is 0.860. The maximum atomic E-state index is 13.1. The lowest BCUT2D eigenvalue weighted by Gasteiger charge is -2.23. The molecular formula is C9H11F2NO. The minimum Gasteiger partial charge on any atom is -0.394 e. The molecular weight excluding hydrogens is 176 g/mol. The van der Waals surface area contributed by atoms with Crippen molar-refractivity contribution in [3.63, 3.8) is 0 Å². The molecule has 1 unspecified atom stereocenters. The van der Waals surface area contributed by atoms with Crippen LogP contribution in [0.1, 0.15) is 12.5 Å². The van der Waals surface area contributed by atoms with Crippen LogP contribution in [-0.4, -0.2) is 11.7 Å². The second-order valence-corrected chi connectivity index (χ2v) is 3.17. The van der Waals surface area contributed by atoms with Crippen molar-refractivity contribution in [2.24, 2.45) is 5.73 Å². The Morgan fingerprint density at radius 2 is 1.85 bits per heavy atom. The van der Waals surface area contributed by atoms with Crippen molar-refractivity contribution in [3.8, 4) is 0 Å². The Hall–Kier alpha value is -1.00. The van der Waals surface area contributed by atoms with E-state index in [9.17, 15) is 8.78 Å². The van der Waals surface area contributed by atoms with E-state index >= 15 is 0 Å². The first kappa shape index (κ1) is 10.1. The summed E-state index contributed by atoms with van der Waals surface area (Å²) in [5, 5.41) is 8.84. The second-order valence-electron chi connectivity index (χ2n) is 3.17. The summed E-state index contributed by atoms with van der Waals surface area (Å²) in [6, 6.07) is 3.47. The van der Waals surface area contributed by atoms with Crippen LogP contribution in [-0.2, 0) is 5.54 Å². The van der Waals surface area contributed by atoms with Crippen LogP contribution in [0.15, 0.2) is 18.2 Å². The first-order valence-corrected chi connectivity index (χ1v) is 3.83. The summed E-state index contributed by atoms with van der Waals surface area (Å²) in [7, 11) is 0. The number of aliphatic hydroxyl groups excluding tert-OH is 1. The molecule has 0 saturated carbocycles. The van der Waals surface area contributed by atoms with Crippen molar-refractivity contribution in [1.82, 2.24) is 0 Å². The average molecular weight is 187 g/mol. The zero-order chi connectivity index (χ0) is 10.1.